The Kier molecular flexibility index (Phi) is 2.67. The third-order valence-corrected chi connectivity index (χ3v) is 3.30. The summed E-state index contributed by atoms with van der Waals surface area (Å²) in [5, 5.41) is 14.2. The summed E-state index contributed by atoms with van der Waals surface area (Å²) in [6, 6.07) is 6.73. The molecule has 1 saturated carbocycles. The van der Waals surface area contributed by atoms with Crippen LogP contribution in [0.3, 0.4) is 0 Å². The molecular formula is C14H15FN2O. The van der Waals surface area contributed by atoms with Gasteiger partial charge in [-0.05, 0) is 38.0 Å². The van der Waals surface area contributed by atoms with Crippen molar-refractivity contribution in [2.75, 3.05) is 0 Å². The largest absolute Gasteiger partial charge is 0.389 e. The molecule has 1 aromatic carbocycles. The Morgan fingerprint density at radius 3 is 2.83 bits per heavy atom. The fourth-order valence-corrected chi connectivity index (χ4v) is 2.21. The molecule has 0 spiro atoms. The quantitative estimate of drug-likeness (QED) is 0.904. The number of aromatic nitrogens is 2. The molecule has 1 unspecified atom stereocenters. The van der Waals surface area contributed by atoms with Gasteiger partial charge in [0.25, 0.3) is 0 Å². The van der Waals surface area contributed by atoms with Gasteiger partial charge in [0, 0.05) is 17.7 Å². The lowest BCUT2D eigenvalue weighted by molar-refractivity contribution is 0.194. The standard InChI is InChI=1S/C14H15FN2O/c1-9(18)14-11(15)3-2-4-13(14)17-8-7-12(16-17)10-5-6-10/h2-4,7-10,18H,5-6H2,1H3. The van der Waals surface area contributed by atoms with Gasteiger partial charge in [-0.3, -0.25) is 0 Å². The van der Waals surface area contributed by atoms with Gasteiger partial charge < -0.3 is 5.11 Å². The van der Waals surface area contributed by atoms with E-state index in [1.807, 2.05) is 12.3 Å². The molecule has 1 atom stereocenters. The number of rotatable bonds is 3. The maximum Gasteiger partial charge on any atom is 0.131 e. The van der Waals surface area contributed by atoms with E-state index in [0.29, 0.717) is 17.2 Å². The van der Waals surface area contributed by atoms with Crippen molar-refractivity contribution in [3.63, 3.8) is 0 Å². The summed E-state index contributed by atoms with van der Waals surface area (Å²) in [5.74, 6) is 0.167. The second-order valence-corrected chi connectivity index (χ2v) is 4.81. The van der Waals surface area contributed by atoms with E-state index in [9.17, 15) is 9.50 Å². The molecule has 1 fully saturated rings. The molecule has 1 aromatic heterocycles. The van der Waals surface area contributed by atoms with Crippen molar-refractivity contribution >= 4 is 0 Å². The molecule has 2 aromatic rings. The summed E-state index contributed by atoms with van der Waals surface area (Å²) >= 11 is 0. The Hall–Kier alpha value is -1.68. The lowest BCUT2D eigenvalue weighted by Gasteiger charge is -2.12. The van der Waals surface area contributed by atoms with E-state index < -0.39 is 11.9 Å². The molecule has 1 aliphatic carbocycles. The van der Waals surface area contributed by atoms with E-state index >= 15 is 0 Å². The SMILES string of the molecule is CC(O)c1c(F)cccc1-n1ccc(C2CC2)n1. The van der Waals surface area contributed by atoms with Crippen LogP contribution < -0.4 is 0 Å². The molecule has 1 N–H and O–H groups in total. The van der Waals surface area contributed by atoms with Crippen LogP contribution in [0.25, 0.3) is 5.69 Å². The molecule has 0 aliphatic heterocycles. The predicted octanol–water partition coefficient (Wildman–Crippen LogP) is 2.94. The topological polar surface area (TPSA) is 38.0 Å². The predicted molar refractivity (Wildman–Crippen MR) is 66.1 cm³/mol. The first kappa shape index (κ1) is 11.4. The molecule has 3 rings (SSSR count). The average Bonchev–Trinajstić information content (AvgIpc) is 3.06. The number of hydrogen-bond donors (Lipinski definition) is 1. The van der Waals surface area contributed by atoms with Crippen LogP contribution in [-0.2, 0) is 0 Å². The monoisotopic (exact) mass is 246 g/mol. The van der Waals surface area contributed by atoms with Crippen LogP contribution in [0, 0.1) is 5.82 Å². The van der Waals surface area contributed by atoms with E-state index in [1.54, 1.807) is 23.7 Å². The first-order valence-electron chi connectivity index (χ1n) is 6.19. The number of hydrogen-bond acceptors (Lipinski definition) is 2. The van der Waals surface area contributed by atoms with Crippen LogP contribution in [0.1, 0.15) is 43.0 Å². The van der Waals surface area contributed by atoms with Crippen LogP contribution in [0.5, 0.6) is 0 Å². The number of aliphatic hydroxyl groups excluding tert-OH is 1. The Labute approximate surface area is 105 Å². The van der Waals surface area contributed by atoms with Crippen molar-refractivity contribution in [3.05, 3.63) is 47.5 Å². The van der Waals surface area contributed by atoms with Crippen molar-refractivity contribution in [1.82, 2.24) is 9.78 Å². The molecule has 0 amide bonds. The van der Waals surface area contributed by atoms with Gasteiger partial charge in [0.05, 0.1) is 17.5 Å². The van der Waals surface area contributed by atoms with Gasteiger partial charge in [0.15, 0.2) is 0 Å². The van der Waals surface area contributed by atoms with Crippen LogP contribution in [-0.4, -0.2) is 14.9 Å². The highest BCUT2D eigenvalue weighted by atomic mass is 19.1. The third kappa shape index (κ3) is 1.93. The summed E-state index contributed by atoms with van der Waals surface area (Å²) in [6.45, 7) is 1.56. The van der Waals surface area contributed by atoms with Crippen LogP contribution in [0.2, 0.25) is 0 Å². The summed E-state index contributed by atoms with van der Waals surface area (Å²) in [6.07, 6.45) is 3.34. The van der Waals surface area contributed by atoms with Gasteiger partial charge in [0.1, 0.15) is 5.82 Å². The normalized spacial score (nSPS) is 16.8. The Morgan fingerprint density at radius 1 is 1.39 bits per heavy atom. The van der Waals surface area contributed by atoms with Gasteiger partial charge in [-0.1, -0.05) is 6.07 Å². The molecule has 3 nitrogen and oxygen atoms in total. The fourth-order valence-electron chi connectivity index (χ4n) is 2.21. The van der Waals surface area contributed by atoms with Crippen LogP contribution in [0.4, 0.5) is 4.39 Å². The molecule has 0 radical (unpaired) electrons. The lowest BCUT2D eigenvalue weighted by Crippen LogP contribution is -2.06. The summed E-state index contributed by atoms with van der Waals surface area (Å²) in [5.41, 5.74) is 1.95. The van der Waals surface area contributed by atoms with Gasteiger partial charge in [-0.2, -0.15) is 5.10 Å². The van der Waals surface area contributed by atoms with Crippen molar-refractivity contribution in [2.24, 2.45) is 0 Å². The Bertz CT molecular complexity index is 573. The van der Waals surface area contributed by atoms with Crippen molar-refractivity contribution < 1.29 is 9.50 Å². The molecule has 0 bridgehead atoms. The highest BCUT2D eigenvalue weighted by molar-refractivity contribution is 5.42. The number of aliphatic hydroxyl groups is 1. The maximum absolute atomic E-state index is 13.8. The Balaban J connectivity index is 2.06. The van der Waals surface area contributed by atoms with E-state index in [2.05, 4.69) is 5.10 Å². The minimum atomic E-state index is -0.852. The zero-order valence-corrected chi connectivity index (χ0v) is 10.2. The third-order valence-electron chi connectivity index (χ3n) is 3.30. The first-order chi connectivity index (χ1) is 8.66. The number of halogens is 1. The van der Waals surface area contributed by atoms with Crippen LogP contribution in [0.15, 0.2) is 30.5 Å². The second-order valence-electron chi connectivity index (χ2n) is 4.81. The molecule has 4 heteroatoms. The molecule has 94 valence electrons. The van der Waals surface area contributed by atoms with Crippen LogP contribution >= 0.6 is 0 Å². The molecule has 0 saturated heterocycles. The van der Waals surface area contributed by atoms with E-state index in [0.717, 1.165) is 5.69 Å². The minimum Gasteiger partial charge on any atom is -0.389 e. The zero-order valence-electron chi connectivity index (χ0n) is 10.2. The van der Waals surface area contributed by atoms with Gasteiger partial charge in [0.2, 0.25) is 0 Å². The van der Waals surface area contributed by atoms with E-state index in [-0.39, 0.29) is 0 Å². The van der Waals surface area contributed by atoms with Gasteiger partial charge >= 0.3 is 0 Å². The van der Waals surface area contributed by atoms with Gasteiger partial charge in [-0.15, -0.1) is 0 Å². The first-order valence-corrected chi connectivity index (χ1v) is 6.19. The smallest absolute Gasteiger partial charge is 0.131 e. The fraction of sp³-hybridized carbons (Fsp3) is 0.357. The highest BCUT2D eigenvalue weighted by Crippen LogP contribution is 2.39. The van der Waals surface area contributed by atoms with E-state index in [1.165, 1.54) is 18.9 Å². The van der Waals surface area contributed by atoms with Crippen molar-refractivity contribution in [3.8, 4) is 5.69 Å². The molecule has 1 aliphatic rings. The number of nitrogens with zero attached hydrogens (tertiary/aromatic N) is 2. The lowest BCUT2D eigenvalue weighted by atomic mass is 10.1. The molecular weight excluding hydrogens is 231 g/mol. The van der Waals surface area contributed by atoms with Gasteiger partial charge in [-0.25, -0.2) is 9.07 Å². The molecule has 18 heavy (non-hydrogen) atoms. The summed E-state index contributed by atoms with van der Waals surface area (Å²) < 4.78 is 15.4. The van der Waals surface area contributed by atoms with Crippen molar-refractivity contribution in [1.29, 1.82) is 0 Å². The minimum absolute atomic E-state index is 0.294. The number of benzene rings is 1. The van der Waals surface area contributed by atoms with Crippen molar-refractivity contribution in [2.45, 2.75) is 31.8 Å². The molecule has 1 heterocycles. The van der Waals surface area contributed by atoms with E-state index in [4.69, 9.17) is 0 Å². The maximum atomic E-state index is 13.8. The Morgan fingerprint density at radius 2 is 2.17 bits per heavy atom. The average molecular weight is 246 g/mol. The highest BCUT2D eigenvalue weighted by Gasteiger charge is 2.26. The second kappa shape index (κ2) is 4.21. The summed E-state index contributed by atoms with van der Waals surface area (Å²) in [7, 11) is 0. The summed E-state index contributed by atoms with van der Waals surface area (Å²) in [4.78, 5) is 0. The zero-order chi connectivity index (χ0) is 12.7.